The molecule has 1 aliphatic heterocycles. The van der Waals surface area contributed by atoms with Crippen LogP contribution in [-0.4, -0.2) is 22.0 Å². The summed E-state index contributed by atoms with van der Waals surface area (Å²) in [4.78, 5) is 0. The van der Waals surface area contributed by atoms with E-state index in [-0.39, 0.29) is 10.6 Å². The maximum absolute atomic E-state index is 11.7. The summed E-state index contributed by atoms with van der Waals surface area (Å²) in [5.41, 5.74) is -0.360. The maximum atomic E-state index is 11.7. The van der Waals surface area contributed by atoms with Crippen molar-refractivity contribution >= 4 is 5.71 Å². The molecule has 0 radical (unpaired) electrons. The van der Waals surface area contributed by atoms with Crippen molar-refractivity contribution in [3.63, 3.8) is 0 Å². The maximum Gasteiger partial charge on any atom is 0.134 e. The Kier molecular flexibility index (Phi) is 1.92. The molecule has 1 rings (SSSR count). The van der Waals surface area contributed by atoms with Crippen LogP contribution in [0.25, 0.3) is 0 Å². The van der Waals surface area contributed by atoms with Gasteiger partial charge in [-0.05, 0) is 27.7 Å². The van der Waals surface area contributed by atoms with E-state index in [0.29, 0.717) is 12.1 Å². The van der Waals surface area contributed by atoms with Crippen molar-refractivity contribution < 1.29 is 10.3 Å². The highest BCUT2D eigenvalue weighted by Crippen LogP contribution is 2.21. The third-order valence-electron chi connectivity index (χ3n) is 2.63. The van der Waals surface area contributed by atoms with Crippen molar-refractivity contribution in [2.24, 2.45) is 5.16 Å². The normalized spacial score (nSPS) is 35.8. The number of hydrogen-bond acceptors (Lipinski definition) is 3. The largest absolute Gasteiger partial charge is 0.633 e. The highest BCUT2D eigenvalue weighted by atomic mass is 16.5. The van der Waals surface area contributed by atoms with Crippen LogP contribution in [-0.2, 0) is 0 Å². The molecular formula is C8H16N2O2. The zero-order chi connectivity index (χ0) is 9.57. The lowest BCUT2D eigenvalue weighted by molar-refractivity contribution is -0.926. The lowest BCUT2D eigenvalue weighted by atomic mass is 9.98. The van der Waals surface area contributed by atoms with E-state index in [4.69, 9.17) is 5.21 Å². The molecule has 1 atom stereocenters. The second-order valence-electron chi connectivity index (χ2n) is 4.56. The Morgan fingerprint density at radius 3 is 2.08 bits per heavy atom. The van der Waals surface area contributed by atoms with Gasteiger partial charge in [-0.1, -0.05) is 5.16 Å². The molecule has 0 spiro atoms. The van der Waals surface area contributed by atoms with E-state index in [9.17, 15) is 5.21 Å². The van der Waals surface area contributed by atoms with Gasteiger partial charge in [0.25, 0.3) is 0 Å². The highest BCUT2D eigenvalue weighted by molar-refractivity contribution is 5.93. The summed E-state index contributed by atoms with van der Waals surface area (Å²) >= 11 is 0. The Labute approximate surface area is 72.4 Å². The van der Waals surface area contributed by atoms with Gasteiger partial charge in [-0.25, -0.2) is 0 Å². The molecule has 1 fully saturated rings. The molecule has 0 amide bonds. The summed E-state index contributed by atoms with van der Waals surface area (Å²) in [5.74, 6) is 0. The number of hydroxylamine groups is 2. The first kappa shape index (κ1) is 9.48. The van der Waals surface area contributed by atoms with E-state index in [0.717, 1.165) is 0 Å². The molecule has 0 bridgehead atoms. The quantitative estimate of drug-likeness (QED) is 0.310. The molecule has 4 heteroatoms. The van der Waals surface area contributed by atoms with Crippen LogP contribution in [0.3, 0.4) is 0 Å². The first-order chi connectivity index (χ1) is 5.32. The molecule has 70 valence electrons. The predicted molar refractivity (Wildman–Crippen MR) is 46.3 cm³/mol. The molecule has 1 saturated heterocycles. The predicted octanol–water partition coefficient (Wildman–Crippen LogP) is 0.160. The van der Waals surface area contributed by atoms with Gasteiger partial charge in [0.15, 0.2) is 0 Å². The van der Waals surface area contributed by atoms with Crippen LogP contribution in [0.15, 0.2) is 5.16 Å². The topological polar surface area (TPSA) is 60.1 Å². The number of quaternary nitrogens is 1. The van der Waals surface area contributed by atoms with Gasteiger partial charge in [-0.15, -0.1) is 0 Å². The molecule has 0 aromatic rings. The fraction of sp³-hybridized carbons (Fsp3) is 0.875. The van der Waals surface area contributed by atoms with Crippen LogP contribution >= 0.6 is 0 Å². The molecule has 2 N–H and O–H groups in total. The Hall–Kier alpha value is -0.610. The van der Waals surface area contributed by atoms with Crippen molar-refractivity contribution in [2.45, 2.75) is 45.2 Å². The fourth-order valence-electron chi connectivity index (χ4n) is 1.86. The summed E-state index contributed by atoms with van der Waals surface area (Å²) < 4.78 is 0. The van der Waals surface area contributed by atoms with Gasteiger partial charge in [0.1, 0.15) is 11.3 Å². The molecule has 0 aromatic carbocycles. The van der Waals surface area contributed by atoms with Crippen LogP contribution in [0, 0.1) is 5.21 Å². The van der Waals surface area contributed by atoms with Crippen LogP contribution in [0.5, 0.6) is 0 Å². The monoisotopic (exact) mass is 172 g/mol. The molecule has 12 heavy (non-hydrogen) atoms. The summed E-state index contributed by atoms with van der Waals surface area (Å²) in [6.45, 7) is 7.38. The number of oxime groups is 1. The van der Waals surface area contributed by atoms with Crippen molar-refractivity contribution in [3.8, 4) is 0 Å². The zero-order valence-corrected chi connectivity index (χ0v) is 8.01. The van der Waals surface area contributed by atoms with Crippen molar-refractivity contribution in [2.75, 3.05) is 0 Å². The Morgan fingerprint density at radius 1 is 1.42 bits per heavy atom. The number of nitrogens with zero attached hydrogens (tertiary/aromatic N) is 1. The minimum Gasteiger partial charge on any atom is -0.633 e. The van der Waals surface area contributed by atoms with Crippen molar-refractivity contribution in [3.05, 3.63) is 5.21 Å². The van der Waals surface area contributed by atoms with E-state index in [2.05, 4.69) is 5.16 Å². The molecule has 0 aliphatic carbocycles. The van der Waals surface area contributed by atoms with Crippen LogP contribution in [0.1, 0.15) is 34.1 Å². The van der Waals surface area contributed by atoms with Crippen molar-refractivity contribution in [1.82, 2.24) is 0 Å². The highest BCUT2D eigenvalue weighted by Gasteiger charge is 2.50. The SMILES string of the molecule is CC1(C)C/C(=N\O)C(C)(C)[NH+]1[O-]. The number of nitrogens with one attached hydrogen (secondary N) is 1. The van der Waals surface area contributed by atoms with Gasteiger partial charge in [-0.2, -0.15) is 0 Å². The first-order valence-electron chi connectivity index (χ1n) is 4.08. The van der Waals surface area contributed by atoms with Gasteiger partial charge in [0.2, 0.25) is 0 Å². The second-order valence-corrected chi connectivity index (χ2v) is 4.56. The Balaban J connectivity index is 3.05. The average Bonchev–Trinajstić information content (AvgIpc) is 2.11. The third-order valence-corrected chi connectivity index (χ3v) is 2.63. The van der Waals surface area contributed by atoms with E-state index in [1.165, 1.54) is 0 Å². The number of hydrogen-bond donors (Lipinski definition) is 2. The second kappa shape index (κ2) is 2.44. The average molecular weight is 172 g/mol. The first-order valence-corrected chi connectivity index (χ1v) is 4.08. The number of rotatable bonds is 0. The van der Waals surface area contributed by atoms with Crippen LogP contribution < -0.4 is 5.06 Å². The fourth-order valence-corrected chi connectivity index (χ4v) is 1.86. The standard InChI is InChI=1S/C8H16N2O2/c1-7(2)5-6(9-11)8(3,4)10(7)12/h10-11H,5H2,1-4H3/b9-6+. The molecular weight excluding hydrogens is 156 g/mol. The van der Waals surface area contributed by atoms with Gasteiger partial charge in [-0.3, -0.25) is 0 Å². The van der Waals surface area contributed by atoms with E-state index in [1.807, 2.05) is 13.8 Å². The Morgan fingerprint density at radius 2 is 1.92 bits per heavy atom. The smallest absolute Gasteiger partial charge is 0.134 e. The lowest BCUT2D eigenvalue weighted by Crippen LogP contribution is -3.19. The molecule has 0 aromatic heterocycles. The van der Waals surface area contributed by atoms with Crippen LogP contribution in [0.4, 0.5) is 0 Å². The van der Waals surface area contributed by atoms with Crippen molar-refractivity contribution in [1.29, 1.82) is 0 Å². The van der Waals surface area contributed by atoms with Crippen LogP contribution in [0.2, 0.25) is 0 Å². The summed E-state index contributed by atoms with van der Waals surface area (Å²) in [7, 11) is 0. The van der Waals surface area contributed by atoms with E-state index >= 15 is 0 Å². The molecule has 1 aliphatic rings. The zero-order valence-electron chi connectivity index (χ0n) is 8.01. The summed E-state index contributed by atoms with van der Waals surface area (Å²) in [6, 6.07) is 0. The molecule has 4 nitrogen and oxygen atoms in total. The van der Waals surface area contributed by atoms with E-state index < -0.39 is 5.54 Å². The molecule has 1 unspecified atom stereocenters. The summed E-state index contributed by atoms with van der Waals surface area (Å²) in [6.07, 6.45) is 0.565. The van der Waals surface area contributed by atoms with Gasteiger partial charge in [0, 0.05) is 0 Å². The van der Waals surface area contributed by atoms with E-state index in [1.54, 1.807) is 13.8 Å². The van der Waals surface area contributed by atoms with Gasteiger partial charge in [0.05, 0.1) is 12.0 Å². The molecule has 0 saturated carbocycles. The summed E-state index contributed by atoms with van der Waals surface area (Å²) in [5, 5.41) is 23.8. The minimum atomic E-state index is -0.585. The van der Waals surface area contributed by atoms with Gasteiger partial charge < -0.3 is 15.5 Å². The van der Waals surface area contributed by atoms with Gasteiger partial charge >= 0.3 is 0 Å². The third kappa shape index (κ3) is 1.11. The Bertz CT molecular complexity index is 221. The minimum absolute atomic E-state index is 0.155. The molecule has 1 heterocycles. The lowest BCUT2D eigenvalue weighted by Gasteiger charge is -2.39.